The number of hydrogen-bond acceptors (Lipinski definition) is 5. The molecule has 94 valence electrons. The van der Waals surface area contributed by atoms with Gasteiger partial charge < -0.3 is 14.3 Å². The third kappa shape index (κ3) is 5.26. The molecule has 0 unspecified atom stereocenters. The van der Waals surface area contributed by atoms with Crippen LogP contribution in [0.3, 0.4) is 0 Å². The number of ketones is 1. The molecule has 1 heterocycles. The standard InChI is InChI=1S/C12H14O5.Li.H/c1-12(2,3)17-11(15)9(14)7-8(13)10-5-4-6-16-10;;/h4-7,14H,1-3H3;;. The number of esters is 1. The molecule has 1 rings (SSSR count). The predicted molar refractivity (Wildman–Crippen MR) is 66.7 cm³/mol. The topological polar surface area (TPSA) is 76.7 Å². The van der Waals surface area contributed by atoms with Gasteiger partial charge in [0.25, 0.3) is 0 Å². The Morgan fingerprint density at radius 3 is 2.44 bits per heavy atom. The van der Waals surface area contributed by atoms with E-state index in [-0.39, 0.29) is 24.6 Å². The number of aliphatic hydroxyl groups is 1. The molecule has 0 amide bonds. The van der Waals surface area contributed by atoms with Crippen LogP contribution in [0.25, 0.3) is 0 Å². The molecule has 6 heteroatoms. The number of furan rings is 1. The molecule has 0 fully saturated rings. The number of carbonyl (C=O) groups is 2. The Morgan fingerprint density at radius 1 is 1.39 bits per heavy atom. The molecule has 0 atom stereocenters. The third-order valence-corrected chi connectivity index (χ3v) is 1.64. The van der Waals surface area contributed by atoms with Crippen molar-refractivity contribution >= 4 is 30.6 Å². The number of carbonyl (C=O) groups excluding carboxylic acids is 2. The van der Waals surface area contributed by atoms with Gasteiger partial charge in [-0.2, -0.15) is 0 Å². The van der Waals surface area contributed by atoms with Gasteiger partial charge in [-0.25, -0.2) is 4.79 Å². The summed E-state index contributed by atoms with van der Waals surface area (Å²) in [6, 6.07) is 2.97. The summed E-state index contributed by atoms with van der Waals surface area (Å²) in [7, 11) is 0. The van der Waals surface area contributed by atoms with E-state index in [0.717, 1.165) is 6.08 Å². The molecule has 0 saturated carbocycles. The molecular formula is C12H15LiO5. The summed E-state index contributed by atoms with van der Waals surface area (Å²) in [4.78, 5) is 22.8. The van der Waals surface area contributed by atoms with Crippen molar-refractivity contribution < 1.29 is 23.8 Å². The zero-order chi connectivity index (χ0) is 13.1. The van der Waals surface area contributed by atoms with Crippen molar-refractivity contribution in [1.82, 2.24) is 0 Å². The molecule has 0 aliphatic heterocycles. The minimum atomic E-state index is -0.947. The fourth-order valence-corrected chi connectivity index (χ4v) is 1.00. The van der Waals surface area contributed by atoms with Gasteiger partial charge in [0.15, 0.2) is 5.76 Å². The van der Waals surface area contributed by atoms with E-state index in [1.807, 2.05) is 0 Å². The number of rotatable bonds is 3. The Kier molecular flexibility index (Phi) is 5.96. The molecule has 1 aromatic heterocycles. The number of hydrogen-bond donors (Lipinski definition) is 1. The Morgan fingerprint density at radius 2 is 2.00 bits per heavy atom. The first-order chi connectivity index (χ1) is 7.79. The van der Waals surface area contributed by atoms with Crippen molar-refractivity contribution in [2.75, 3.05) is 0 Å². The van der Waals surface area contributed by atoms with Gasteiger partial charge in [-0.15, -0.1) is 0 Å². The van der Waals surface area contributed by atoms with Gasteiger partial charge >= 0.3 is 24.8 Å². The molecule has 0 aromatic carbocycles. The van der Waals surface area contributed by atoms with E-state index in [0.29, 0.717) is 0 Å². The quantitative estimate of drug-likeness (QED) is 0.288. The first kappa shape index (κ1) is 16.6. The van der Waals surface area contributed by atoms with Crippen LogP contribution in [-0.4, -0.2) is 41.3 Å². The van der Waals surface area contributed by atoms with Crippen molar-refractivity contribution in [1.29, 1.82) is 0 Å². The summed E-state index contributed by atoms with van der Waals surface area (Å²) in [6.07, 6.45) is 2.10. The van der Waals surface area contributed by atoms with Crippen LogP contribution in [0.4, 0.5) is 0 Å². The van der Waals surface area contributed by atoms with Crippen molar-refractivity contribution in [2.24, 2.45) is 0 Å². The third-order valence-electron chi connectivity index (χ3n) is 1.64. The average molecular weight is 246 g/mol. The Balaban J connectivity index is 0.00000289. The molecule has 1 aromatic rings. The second-order valence-corrected chi connectivity index (χ2v) is 4.37. The van der Waals surface area contributed by atoms with Crippen LogP contribution < -0.4 is 0 Å². The van der Waals surface area contributed by atoms with Crippen LogP contribution in [0, 0.1) is 0 Å². The summed E-state index contributed by atoms with van der Waals surface area (Å²) in [5.41, 5.74) is -0.730. The zero-order valence-electron chi connectivity index (χ0n) is 9.89. The summed E-state index contributed by atoms with van der Waals surface area (Å²) in [6.45, 7) is 4.98. The molecule has 0 aliphatic rings. The minimum absolute atomic E-state index is 0. The first-order valence-electron chi connectivity index (χ1n) is 5.01. The maximum absolute atomic E-state index is 11.4. The maximum atomic E-state index is 11.4. The molecule has 5 nitrogen and oxygen atoms in total. The van der Waals surface area contributed by atoms with Crippen molar-refractivity contribution in [2.45, 2.75) is 26.4 Å². The van der Waals surface area contributed by atoms with Crippen molar-refractivity contribution in [3.05, 3.63) is 36.0 Å². The van der Waals surface area contributed by atoms with Gasteiger partial charge in [-0.3, -0.25) is 4.79 Å². The fraction of sp³-hybridized carbons (Fsp3) is 0.333. The summed E-state index contributed by atoms with van der Waals surface area (Å²) >= 11 is 0. The average Bonchev–Trinajstić information content (AvgIpc) is 2.67. The predicted octanol–water partition coefficient (Wildman–Crippen LogP) is 1.60. The van der Waals surface area contributed by atoms with Gasteiger partial charge in [-0.05, 0) is 32.9 Å². The van der Waals surface area contributed by atoms with E-state index in [1.165, 1.54) is 18.4 Å². The molecule has 1 N–H and O–H groups in total. The number of allylic oxidation sites excluding steroid dienone is 1. The van der Waals surface area contributed by atoms with Crippen molar-refractivity contribution in [3.63, 3.8) is 0 Å². The Bertz CT molecular complexity index is 440. The number of aliphatic hydroxyl groups excluding tert-OH is 1. The van der Waals surface area contributed by atoms with E-state index >= 15 is 0 Å². The Labute approximate surface area is 117 Å². The molecule has 0 spiro atoms. The van der Waals surface area contributed by atoms with Gasteiger partial charge in [-0.1, -0.05) is 0 Å². The fourth-order valence-electron chi connectivity index (χ4n) is 1.00. The van der Waals surface area contributed by atoms with Gasteiger partial charge in [0.1, 0.15) is 5.60 Å². The van der Waals surface area contributed by atoms with Gasteiger partial charge in [0.2, 0.25) is 11.5 Å². The van der Waals surface area contributed by atoms with Crippen LogP contribution in [0.5, 0.6) is 0 Å². The van der Waals surface area contributed by atoms with Crippen LogP contribution in [0.2, 0.25) is 0 Å². The molecular weight excluding hydrogens is 231 g/mol. The van der Waals surface area contributed by atoms with Crippen LogP contribution in [0.1, 0.15) is 31.3 Å². The molecule has 18 heavy (non-hydrogen) atoms. The monoisotopic (exact) mass is 246 g/mol. The summed E-state index contributed by atoms with van der Waals surface area (Å²) in [5, 5.41) is 9.37. The first-order valence-corrected chi connectivity index (χ1v) is 5.01. The van der Waals surface area contributed by atoms with E-state index in [4.69, 9.17) is 9.15 Å². The number of ether oxygens (including phenoxy) is 1. The summed E-state index contributed by atoms with van der Waals surface area (Å²) < 4.78 is 9.70. The van der Waals surface area contributed by atoms with E-state index in [1.54, 1.807) is 20.8 Å². The van der Waals surface area contributed by atoms with Gasteiger partial charge in [0.05, 0.1) is 6.26 Å². The SMILES string of the molecule is CC(C)(C)OC(=O)C(O)=CC(=O)c1ccco1.[LiH]. The van der Waals surface area contributed by atoms with Crippen LogP contribution in [-0.2, 0) is 9.53 Å². The zero-order valence-corrected chi connectivity index (χ0v) is 9.89. The molecule has 0 bridgehead atoms. The Hall–Kier alpha value is -1.44. The molecule has 0 aliphatic carbocycles. The second kappa shape index (κ2) is 6.48. The van der Waals surface area contributed by atoms with E-state index in [2.05, 4.69) is 0 Å². The van der Waals surface area contributed by atoms with Crippen LogP contribution in [0.15, 0.2) is 34.6 Å². The van der Waals surface area contributed by atoms with E-state index in [9.17, 15) is 14.7 Å². The van der Waals surface area contributed by atoms with Gasteiger partial charge in [0, 0.05) is 6.08 Å². The van der Waals surface area contributed by atoms with E-state index < -0.39 is 23.1 Å². The van der Waals surface area contributed by atoms with Crippen LogP contribution >= 0.6 is 0 Å². The normalized spacial score (nSPS) is 11.6. The summed E-state index contributed by atoms with van der Waals surface area (Å²) in [5.74, 6) is -2.25. The molecule has 0 radical (unpaired) electrons. The second-order valence-electron chi connectivity index (χ2n) is 4.37. The van der Waals surface area contributed by atoms with Crippen molar-refractivity contribution in [3.8, 4) is 0 Å². The molecule has 0 saturated heterocycles.